The van der Waals surface area contributed by atoms with Gasteiger partial charge in [0.2, 0.25) is 0 Å². The van der Waals surface area contributed by atoms with Crippen LogP contribution >= 0.6 is 0 Å². The number of fused-ring (bicyclic) bond motifs is 1. The molecule has 138 valence electrons. The van der Waals surface area contributed by atoms with Crippen LogP contribution < -0.4 is 14.8 Å². The van der Waals surface area contributed by atoms with Crippen LogP contribution in [0.2, 0.25) is 0 Å². The van der Waals surface area contributed by atoms with E-state index >= 15 is 0 Å². The van der Waals surface area contributed by atoms with E-state index in [1.54, 1.807) is 6.92 Å². The molecule has 4 heteroatoms. The first kappa shape index (κ1) is 18.3. The molecule has 0 fully saturated rings. The van der Waals surface area contributed by atoms with Crippen molar-refractivity contribution in [1.82, 2.24) is 5.32 Å². The van der Waals surface area contributed by atoms with Gasteiger partial charge in [0.15, 0.2) is 6.10 Å². The van der Waals surface area contributed by atoms with Gasteiger partial charge in [-0.2, -0.15) is 0 Å². The molecule has 1 aliphatic carbocycles. The Labute approximate surface area is 155 Å². The topological polar surface area (TPSA) is 47.6 Å². The van der Waals surface area contributed by atoms with Gasteiger partial charge in [-0.3, -0.25) is 4.79 Å². The number of amides is 1. The molecule has 1 aliphatic rings. The van der Waals surface area contributed by atoms with Crippen molar-refractivity contribution in [3.05, 3.63) is 59.2 Å². The lowest BCUT2D eigenvalue weighted by Crippen LogP contribution is -2.35. The average molecular weight is 353 g/mol. The number of benzene rings is 2. The largest absolute Gasteiger partial charge is 0.494 e. The van der Waals surface area contributed by atoms with Crippen molar-refractivity contribution in [2.24, 2.45) is 0 Å². The summed E-state index contributed by atoms with van der Waals surface area (Å²) in [6, 6.07) is 13.9. The molecule has 3 rings (SSSR count). The van der Waals surface area contributed by atoms with E-state index in [4.69, 9.17) is 9.47 Å². The maximum absolute atomic E-state index is 12.3. The number of nitrogens with one attached hydrogen (secondary N) is 1. The average Bonchev–Trinajstić information content (AvgIpc) is 2.67. The van der Waals surface area contributed by atoms with Crippen molar-refractivity contribution in [2.45, 2.75) is 52.2 Å². The molecule has 1 atom stereocenters. The van der Waals surface area contributed by atoms with Crippen LogP contribution in [0.25, 0.3) is 0 Å². The number of ether oxygens (including phenoxy) is 2. The minimum Gasteiger partial charge on any atom is -0.494 e. The second-order valence-corrected chi connectivity index (χ2v) is 6.69. The minimum absolute atomic E-state index is 0.114. The van der Waals surface area contributed by atoms with Crippen molar-refractivity contribution < 1.29 is 14.3 Å². The van der Waals surface area contributed by atoms with Crippen LogP contribution in [-0.2, 0) is 24.2 Å². The van der Waals surface area contributed by atoms with Crippen LogP contribution in [0.4, 0.5) is 0 Å². The Morgan fingerprint density at radius 3 is 2.46 bits per heavy atom. The summed E-state index contributed by atoms with van der Waals surface area (Å²) in [5.41, 5.74) is 3.80. The number of rotatable bonds is 7. The Kier molecular flexibility index (Phi) is 6.16. The van der Waals surface area contributed by atoms with Crippen molar-refractivity contribution in [3.63, 3.8) is 0 Å². The molecule has 0 heterocycles. The van der Waals surface area contributed by atoms with Gasteiger partial charge < -0.3 is 14.8 Å². The Morgan fingerprint density at radius 1 is 1.04 bits per heavy atom. The van der Waals surface area contributed by atoms with E-state index in [9.17, 15) is 4.79 Å². The highest BCUT2D eigenvalue weighted by molar-refractivity contribution is 5.80. The summed E-state index contributed by atoms with van der Waals surface area (Å²) in [5, 5.41) is 2.93. The van der Waals surface area contributed by atoms with Crippen LogP contribution in [0.3, 0.4) is 0 Å². The lowest BCUT2D eigenvalue weighted by Gasteiger charge is -2.19. The predicted molar refractivity (Wildman–Crippen MR) is 103 cm³/mol. The molecule has 1 amide bonds. The zero-order chi connectivity index (χ0) is 18.4. The van der Waals surface area contributed by atoms with Crippen molar-refractivity contribution >= 4 is 5.91 Å². The normalized spacial score (nSPS) is 14.2. The molecule has 0 saturated heterocycles. The van der Waals surface area contributed by atoms with E-state index < -0.39 is 6.10 Å². The molecule has 0 unspecified atom stereocenters. The van der Waals surface area contributed by atoms with Gasteiger partial charge in [-0.15, -0.1) is 0 Å². The third kappa shape index (κ3) is 4.78. The summed E-state index contributed by atoms with van der Waals surface area (Å²) < 4.78 is 11.3. The fourth-order valence-electron chi connectivity index (χ4n) is 3.24. The third-order valence-corrected chi connectivity index (χ3v) is 4.70. The van der Waals surface area contributed by atoms with E-state index in [0.717, 1.165) is 29.9 Å². The molecular formula is C22H27NO3. The van der Waals surface area contributed by atoms with Gasteiger partial charge >= 0.3 is 0 Å². The quantitative estimate of drug-likeness (QED) is 0.817. The summed E-state index contributed by atoms with van der Waals surface area (Å²) in [5.74, 6) is 1.50. The zero-order valence-corrected chi connectivity index (χ0v) is 15.6. The minimum atomic E-state index is -0.528. The summed E-state index contributed by atoms with van der Waals surface area (Å²) in [6.07, 6.45) is 4.21. The standard InChI is InChI=1S/C22H27NO3/c1-3-25-20-11-8-17(9-12-20)15-23-22(24)16(2)26-21-13-10-18-6-4-5-7-19(18)14-21/h8-14,16H,3-7,15H2,1-2H3,(H,23,24)/t16-/m0/s1. The van der Waals surface area contributed by atoms with Crippen molar-refractivity contribution in [3.8, 4) is 11.5 Å². The first-order chi connectivity index (χ1) is 12.7. The monoisotopic (exact) mass is 353 g/mol. The predicted octanol–water partition coefficient (Wildman–Crippen LogP) is 4.05. The van der Waals surface area contributed by atoms with E-state index in [-0.39, 0.29) is 5.91 Å². The molecule has 2 aromatic carbocycles. The first-order valence-electron chi connectivity index (χ1n) is 9.43. The Morgan fingerprint density at radius 2 is 1.73 bits per heavy atom. The van der Waals surface area contributed by atoms with Crippen LogP contribution in [0.5, 0.6) is 11.5 Å². The molecule has 0 aromatic heterocycles. The zero-order valence-electron chi connectivity index (χ0n) is 15.6. The summed E-state index contributed by atoms with van der Waals surface area (Å²) in [4.78, 5) is 12.3. The highest BCUT2D eigenvalue weighted by atomic mass is 16.5. The molecule has 0 spiro atoms. The highest BCUT2D eigenvalue weighted by Crippen LogP contribution is 2.25. The lowest BCUT2D eigenvalue weighted by atomic mass is 9.92. The second kappa shape index (κ2) is 8.75. The molecule has 0 saturated carbocycles. The van der Waals surface area contributed by atoms with Crippen LogP contribution in [0, 0.1) is 0 Å². The number of aryl methyl sites for hydroxylation is 2. The van der Waals surface area contributed by atoms with E-state index in [1.807, 2.05) is 37.3 Å². The van der Waals surface area contributed by atoms with Crippen LogP contribution in [0.15, 0.2) is 42.5 Å². The van der Waals surface area contributed by atoms with Gasteiger partial charge in [0.1, 0.15) is 11.5 Å². The first-order valence-corrected chi connectivity index (χ1v) is 9.43. The summed E-state index contributed by atoms with van der Waals surface area (Å²) in [7, 11) is 0. The molecule has 26 heavy (non-hydrogen) atoms. The van der Waals surface area contributed by atoms with E-state index in [2.05, 4.69) is 17.4 Å². The SMILES string of the molecule is CCOc1ccc(CNC(=O)[C@H](C)Oc2ccc3c(c2)CCCC3)cc1. The van der Waals surface area contributed by atoms with Crippen LogP contribution in [-0.4, -0.2) is 18.6 Å². The maximum Gasteiger partial charge on any atom is 0.261 e. The number of hydrogen-bond donors (Lipinski definition) is 1. The second-order valence-electron chi connectivity index (χ2n) is 6.69. The van der Waals surface area contributed by atoms with Gasteiger partial charge in [0, 0.05) is 6.54 Å². The molecule has 0 aliphatic heterocycles. The van der Waals surface area contributed by atoms with Crippen molar-refractivity contribution in [1.29, 1.82) is 0 Å². The van der Waals surface area contributed by atoms with Gasteiger partial charge in [0.05, 0.1) is 6.61 Å². The number of carbonyl (C=O) groups is 1. The fourth-order valence-corrected chi connectivity index (χ4v) is 3.24. The smallest absolute Gasteiger partial charge is 0.261 e. The Balaban J connectivity index is 1.51. The summed E-state index contributed by atoms with van der Waals surface area (Å²) >= 11 is 0. The van der Waals surface area contributed by atoms with Gasteiger partial charge in [0.25, 0.3) is 5.91 Å². The van der Waals surface area contributed by atoms with Gasteiger partial charge in [-0.05, 0) is 80.5 Å². The summed E-state index contributed by atoms with van der Waals surface area (Å²) in [6.45, 7) is 4.86. The molecule has 2 aromatic rings. The molecular weight excluding hydrogens is 326 g/mol. The molecule has 0 radical (unpaired) electrons. The lowest BCUT2D eigenvalue weighted by molar-refractivity contribution is -0.127. The number of carbonyl (C=O) groups excluding carboxylic acids is 1. The fraction of sp³-hybridized carbons (Fsp3) is 0.409. The van der Waals surface area contributed by atoms with Crippen molar-refractivity contribution in [2.75, 3.05) is 6.61 Å². The van der Waals surface area contributed by atoms with E-state index in [1.165, 1.54) is 24.0 Å². The van der Waals surface area contributed by atoms with Crippen LogP contribution in [0.1, 0.15) is 43.4 Å². The highest BCUT2D eigenvalue weighted by Gasteiger charge is 2.16. The molecule has 4 nitrogen and oxygen atoms in total. The van der Waals surface area contributed by atoms with Gasteiger partial charge in [-0.25, -0.2) is 0 Å². The molecule has 1 N–H and O–H groups in total. The van der Waals surface area contributed by atoms with E-state index in [0.29, 0.717) is 13.2 Å². The van der Waals surface area contributed by atoms with Gasteiger partial charge in [-0.1, -0.05) is 18.2 Å². The third-order valence-electron chi connectivity index (χ3n) is 4.70. The Bertz CT molecular complexity index is 740. The maximum atomic E-state index is 12.3. The molecule has 0 bridgehead atoms. The number of hydrogen-bond acceptors (Lipinski definition) is 3. The Hall–Kier alpha value is -2.49.